The van der Waals surface area contributed by atoms with E-state index in [2.05, 4.69) is 16.7 Å². The molecular weight excluding hydrogens is 206 g/mol. The summed E-state index contributed by atoms with van der Waals surface area (Å²) in [6.07, 6.45) is 0. The molecule has 0 unspecified atom stereocenters. The van der Waals surface area contributed by atoms with E-state index in [-0.39, 0.29) is 5.17 Å². The van der Waals surface area contributed by atoms with Crippen LogP contribution < -0.4 is 5.73 Å². The van der Waals surface area contributed by atoms with Crippen LogP contribution in [-0.4, -0.2) is 9.73 Å². The van der Waals surface area contributed by atoms with Crippen LogP contribution in [0.5, 0.6) is 0 Å². The molecule has 0 radical (unpaired) electrons. The van der Waals surface area contributed by atoms with Gasteiger partial charge in [0.25, 0.3) is 0 Å². The third-order valence-corrected chi connectivity index (χ3v) is 3.49. The van der Waals surface area contributed by atoms with Gasteiger partial charge >= 0.3 is 0 Å². The quantitative estimate of drug-likeness (QED) is 0.440. The minimum atomic E-state index is 0.134. The molecule has 0 spiro atoms. The number of para-hydroxylation sites is 1. The predicted molar refractivity (Wildman–Crippen MR) is 65.4 cm³/mol. The summed E-state index contributed by atoms with van der Waals surface area (Å²) >= 11 is 1.32. The Labute approximate surface area is 92.8 Å². The topological polar surface area (TPSA) is 54.8 Å². The first-order valence-corrected chi connectivity index (χ1v) is 5.49. The fraction of sp³-hybridized carbons (Fsp3) is 0.182. The molecule has 3 N–H and O–H groups in total. The van der Waals surface area contributed by atoms with Crippen LogP contribution in [0, 0.1) is 12.3 Å². The Kier molecular flexibility index (Phi) is 2.44. The van der Waals surface area contributed by atoms with Gasteiger partial charge in [-0.15, -0.1) is 0 Å². The average Bonchev–Trinajstić information content (AvgIpc) is 2.44. The van der Waals surface area contributed by atoms with Crippen LogP contribution in [0.15, 0.2) is 29.2 Å². The van der Waals surface area contributed by atoms with Gasteiger partial charge in [-0.2, -0.15) is 0 Å². The van der Waals surface area contributed by atoms with Crippen LogP contribution in [0.3, 0.4) is 0 Å². The van der Waals surface area contributed by atoms with E-state index in [9.17, 15) is 0 Å². The maximum Gasteiger partial charge on any atom is 0.156 e. The van der Waals surface area contributed by atoms with Crippen molar-refractivity contribution in [1.82, 2.24) is 4.57 Å². The van der Waals surface area contributed by atoms with E-state index < -0.39 is 0 Å². The number of hydrogen-bond acceptors (Lipinski definition) is 2. The highest BCUT2D eigenvalue weighted by Gasteiger charge is 2.12. The number of hydrogen-bond donors (Lipinski definition) is 2. The molecule has 78 valence electrons. The average molecular weight is 219 g/mol. The number of benzene rings is 1. The molecule has 1 heterocycles. The number of thioether (sulfide) groups is 1. The zero-order valence-electron chi connectivity index (χ0n) is 8.74. The number of aryl methyl sites for hydroxylation is 1. The Morgan fingerprint density at radius 3 is 2.73 bits per heavy atom. The highest BCUT2D eigenvalue weighted by Crippen LogP contribution is 2.32. The first kappa shape index (κ1) is 10.1. The number of aromatic nitrogens is 1. The molecule has 0 amide bonds. The fourth-order valence-corrected chi connectivity index (χ4v) is 2.51. The van der Waals surface area contributed by atoms with Gasteiger partial charge in [-0.05, 0) is 13.0 Å². The number of fused-ring (bicyclic) bond motifs is 1. The smallest absolute Gasteiger partial charge is 0.156 e. The van der Waals surface area contributed by atoms with Crippen molar-refractivity contribution in [3.8, 4) is 0 Å². The van der Waals surface area contributed by atoms with Crippen molar-refractivity contribution in [2.75, 3.05) is 0 Å². The molecule has 15 heavy (non-hydrogen) atoms. The zero-order chi connectivity index (χ0) is 11.0. The molecular formula is C11H13N3S. The SMILES string of the molecule is Cc1c(SC(=N)N)c2ccccc2n1C. The third-order valence-electron chi connectivity index (χ3n) is 2.55. The van der Waals surface area contributed by atoms with Crippen molar-refractivity contribution in [3.63, 3.8) is 0 Å². The lowest BCUT2D eigenvalue weighted by Gasteiger charge is -1.99. The summed E-state index contributed by atoms with van der Waals surface area (Å²) in [6, 6.07) is 8.16. The summed E-state index contributed by atoms with van der Waals surface area (Å²) < 4.78 is 2.13. The molecule has 0 aliphatic rings. The van der Waals surface area contributed by atoms with Gasteiger partial charge in [-0.25, -0.2) is 0 Å². The Hall–Kier alpha value is -1.42. The first-order chi connectivity index (χ1) is 7.11. The van der Waals surface area contributed by atoms with Gasteiger partial charge in [-0.3, -0.25) is 5.41 Å². The summed E-state index contributed by atoms with van der Waals surface area (Å²) in [5.74, 6) is 0. The summed E-state index contributed by atoms with van der Waals surface area (Å²) in [7, 11) is 2.03. The van der Waals surface area contributed by atoms with E-state index in [1.165, 1.54) is 17.3 Å². The lowest BCUT2D eigenvalue weighted by atomic mass is 10.2. The second-order valence-electron chi connectivity index (χ2n) is 3.46. The van der Waals surface area contributed by atoms with Crippen LogP contribution >= 0.6 is 11.8 Å². The minimum Gasteiger partial charge on any atom is -0.378 e. The minimum absolute atomic E-state index is 0.134. The van der Waals surface area contributed by atoms with Gasteiger partial charge in [0.15, 0.2) is 5.17 Å². The molecule has 2 rings (SSSR count). The summed E-state index contributed by atoms with van der Waals surface area (Å²) in [4.78, 5) is 1.08. The van der Waals surface area contributed by atoms with Gasteiger partial charge < -0.3 is 10.3 Å². The van der Waals surface area contributed by atoms with Crippen LogP contribution in [-0.2, 0) is 7.05 Å². The molecule has 0 aliphatic heterocycles. The highest BCUT2D eigenvalue weighted by atomic mass is 32.2. The maximum absolute atomic E-state index is 7.34. The van der Waals surface area contributed by atoms with E-state index in [0.717, 1.165) is 16.0 Å². The molecule has 3 nitrogen and oxygen atoms in total. The van der Waals surface area contributed by atoms with E-state index in [1.807, 2.05) is 26.1 Å². The van der Waals surface area contributed by atoms with Crippen LogP contribution in [0.2, 0.25) is 0 Å². The molecule has 4 heteroatoms. The third kappa shape index (κ3) is 1.61. The largest absolute Gasteiger partial charge is 0.378 e. The van der Waals surface area contributed by atoms with Gasteiger partial charge in [0.05, 0.1) is 0 Å². The van der Waals surface area contributed by atoms with Crippen molar-refractivity contribution < 1.29 is 0 Å². The normalized spacial score (nSPS) is 10.8. The van der Waals surface area contributed by atoms with E-state index in [1.54, 1.807) is 0 Å². The lowest BCUT2D eigenvalue weighted by Crippen LogP contribution is -2.03. The Morgan fingerprint density at radius 2 is 2.07 bits per heavy atom. The number of rotatable bonds is 1. The second kappa shape index (κ2) is 3.62. The van der Waals surface area contributed by atoms with Crippen molar-refractivity contribution in [1.29, 1.82) is 5.41 Å². The summed E-state index contributed by atoms with van der Waals surface area (Å²) in [6.45, 7) is 2.05. The van der Waals surface area contributed by atoms with E-state index in [4.69, 9.17) is 11.1 Å². The number of amidine groups is 1. The van der Waals surface area contributed by atoms with Gasteiger partial charge in [0.2, 0.25) is 0 Å². The molecule has 0 aliphatic carbocycles. The second-order valence-corrected chi connectivity index (χ2v) is 4.51. The van der Waals surface area contributed by atoms with Crippen LogP contribution in [0.1, 0.15) is 5.69 Å². The Morgan fingerprint density at radius 1 is 1.40 bits per heavy atom. The van der Waals surface area contributed by atoms with Crippen molar-refractivity contribution >= 4 is 27.8 Å². The van der Waals surface area contributed by atoms with E-state index >= 15 is 0 Å². The molecule has 0 bridgehead atoms. The summed E-state index contributed by atoms with van der Waals surface area (Å²) in [5, 5.41) is 8.64. The molecule has 0 atom stereocenters. The molecule has 0 saturated carbocycles. The summed E-state index contributed by atoms with van der Waals surface area (Å²) in [5.41, 5.74) is 7.76. The van der Waals surface area contributed by atoms with Crippen molar-refractivity contribution in [2.45, 2.75) is 11.8 Å². The zero-order valence-corrected chi connectivity index (χ0v) is 9.56. The van der Waals surface area contributed by atoms with Crippen molar-refractivity contribution in [2.24, 2.45) is 12.8 Å². The van der Waals surface area contributed by atoms with Gasteiger partial charge in [-0.1, -0.05) is 30.0 Å². The maximum atomic E-state index is 7.34. The van der Waals surface area contributed by atoms with Crippen molar-refractivity contribution in [3.05, 3.63) is 30.0 Å². The molecule has 2 aromatic rings. The molecule has 0 fully saturated rings. The first-order valence-electron chi connectivity index (χ1n) is 4.67. The van der Waals surface area contributed by atoms with Crippen LogP contribution in [0.4, 0.5) is 0 Å². The van der Waals surface area contributed by atoms with Gasteiger partial charge in [0.1, 0.15) is 0 Å². The van der Waals surface area contributed by atoms with Crippen LogP contribution in [0.25, 0.3) is 10.9 Å². The number of nitrogens with two attached hydrogens (primary N) is 1. The number of nitrogens with one attached hydrogen (secondary N) is 1. The molecule has 0 saturated heterocycles. The predicted octanol–water partition coefficient (Wildman–Crippen LogP) is 2.47. The standard InChI is InChI=1S/C11H13N3S/c1-7-10(15-11(12)13)8-5-3-4-6-9(8)14(7)2/h3-6H,1-2H3,(H3,12,13). The number of nitrogens with zero attached hydrogens (tertiary/aromatic N) is 1. The Bertz CT molecular complexity index is 528. The molecule has 1 aromatic heterocycles. The van der Waals surface area contributed by atoms with E-state index in [0.29, 0.717) is 0 Å². The highest BCUT2D eigenvalue weighted by molar-refractivity contribution is 8.13. The fourth-order valence-electron chi connectivity index (χ4n) is 1.72. The van der Waals surface area contributed by atoms with Gasteiger partial charge in [0, 0.05) is 28.5 Å². The Balaban J connectivity index is 2.72. The monoisotopic (exact) mass is 219 g/mol. The lowest BCUT2D eigenvalue weighted by molar-refractivity contribution is 0.901. The molecule has 1 aromatic carbocycles.